The Kier molecular flexibility index (Phi) is 4.50. The zero-order valence-electron chi connectivity index (χ0n) is 13.8. The highest BCUT2D eigenvalue weighted by atomic mass is 16.9. The van der Waals surface area contributed by atoms with E-state index in [2.05, 4.69) is 5.32 Å². The van der Waals surface area contributed by atoms with Gasteiger partial charge in [-0.1, -0.05) is 0 Å². The van der Waals surface area contributed by atoms with Gasteiger partial charge in [0.25, 0.3) is 0 Å². The maximum absolute atomic E-state index is 6.09. The standard InChI is InChI=1S/C15H28N2O5/c1-14(2)19-10-9(8-17-7-5-6-16)18-13-12(11(10)20-14)21-15(3,4)22-13/h9-13,17H,5-8,16H2,1-4H3/t9-,10+,11+,12-,13-/m1/s1. The Morgan fingerprint density at radius 3 is 2.27 bits per heavy atom. The highest BCUT2D eigenvalue weighted by molar-refractivity contribution is 5.00. The van der Waals surface area contributed by atoms with Gasteiger partial charge in [-0.25, -0.2) is 0 Å². The maximum Gasteiger partial charge on any atom is 0.190 e. The van der Waals surface area contributed by atoms with Crippen LogP contribution in [0.5, 0.6) is 0 Å². The largest absolute Gasteiger partial charge is 0.342 e. The molecule has 7 nitrogen and oxygen atoms in total. The molecule has 0 aromatic heterocycles. The van der Waals surface area contributed by atoms with Crippen LogP contribution in [0, 0.1) is 0 Å². The maximum atomic E-state index is 6.09. The van der Waals surface area contributed by atoms with Crippen LogP contribution in [0.1, 0.15) is 34.1 Å². The summed E-state index contributed by atoms with van der Waals surface area (Å²) < 4.78 is 30.0. The number of hydrogen-bond acceptors (Lipinski definition) is 7. The molecule has 0 amide bonds. The summed E-state index contributed by atoms with van der Waals surface area (Å²) in [5.74, 6) is -1.31. The third-order valence-corrected chi connectivity index (χ3v) is 4.15. The number of rotatable bonds is 5. The van der Waals surface area contributed by atoms with Crippen molar-refractivity contribution in [3.8, 4) is 0 Å². The van der Waals surface area contributed by atoms with E-state index in [1.54, 1.807) is 0 Å². The second-order valence-corrected chi connectivity index (χ2v) is 7.05. The number of nitrogens with one attached hydrogen (secondary N) is 1. The highest BCUT2D eigenvalue weighted by Gasteiger charge is 2.60. The minimum Gasteiger partial charge on any atom is -0.342 e. The molecule has 3 fully saturated rings. The van der Waals surface area contributed by atoms with Gasteiger partial charge in [-0.05, 0) is 47.2 Å². The van der Waals surface area contributed by atoms with Crippen LogP contribution in [0.4, 0.5) is 0 Å². The second kappa shape index (κ2) is 5.98. The van der Waals surface area contributed by atoms with E-state index in [1.807, 2.05) is 27.7 Å². The lowest BCUT2D eigenvalue weighted by molar-refractivity contribution is -0.232. The fourth-order valence-corrected chi connectivity index (χ4v) is 3.33. The van der Waals surface area contributed by atoms with E-state index in [4.69, 9.17) is 29.4 Å². The van der Waals surface area contributed by atoms with E-state index in [9.17, 15) is 0 Å². The van der Waals surface area contributed by atoms with Gasteiger partial charge in [0, 0.05) is 6.54 Å². The van der Waals surface area contributed by atoms with E-state index in [-0.39, 0.29) is 24.4 Å². The van der Waals surface area contributed by atoms with Crippen molar-refractivity contribution in [1.82, 2.24) is 5.32 Å². The van der Waals surface area contributed by atoms with Gasteiger partial charge in [0.05, 0.1) is 0 Å². The number of ether oxygens (including phenoxy) is 5. The molecule has 0 aromatic carbocycles. The van der Waals surface area contributed by atoms with E-state index < -0.39 is 17.9 Å². The summed E-state index contributed by atoms with van der Waals surface area (Å²) in [6.45, 7) is 9.81. The molecule has 3 aliphatic rings. The molecule has 0 spiro atoms. The Balaban J connectivity index is 1.69. The summed E-state index contributed by atoms with van der Waals surface area (Å²) in [4.78, 5) is 0. The average molecular weight is 316 g/mol. The quantitative estimate of drug-likeness (QED) is 0.707. The first-order chi connectivity index (χ1) is 10.3. The first-order valence-electron chi connectivity index (χ1n) is 8.09. The van der Waals surface area contributed by atoms with Gasteiger partial charge in [0.15, 0.2) is 17.9 Å². The number of fused-ring (bicyclic) bond motifs is 3. The summed E-state index contributed by atoms with van der Waals surface area (Å²) >= 11 is 0. The Morgan fingerprint density at radius 2 is 1.55 bits per heavy atom. The Labute approximate surface area is 131 Å². The van der Waals surface area contributed by atoms with E-state index in [0.717, 1.165) is 13.0 Å². The Morgan fingerprint density at radius 1 is 0.909 bits per heavy atom. The van der Waals surface area contributed by atoms with E-state index in [0.29, 0.717) is 13.1 Å². The van der Waals surface area contributed by atoms with Gasteiger partial charge >= 0.3 is 0 Å². The molecule has 3 aliphatic heterocycles. The number of hydrogen-bond donors (Lipinski definition) is 2. The van der Waals surface area contributed by atoms with Crippen LogP contribution in [-0.2, 0) is 23.7 Å². The van der Waals surface area contributed by atoms with Crippen molar-refractivity contribution < 1.29 is 23.7 Å². The fourth-order valence-electron chi connectivity index (χ4n) is 3.33. The van der Waals surface area contributed by atoms with Gasteiger partial charge in [-0.3, -0.25) is 0 Å². The minimum atomic E-state index is -0.669. The van der Waals surface area contributed by atoms with E-state index in [1.165, 1.54) is 0 Å². The van der Waals surface area contributed by atoms with Crippen molar-refractivity contribution in [3.63, 3.8) is 0 Å². The lowest BCUT2D eigenvalue weighted by Crippen LogP contribution is -2.57. The predicted molar refractivity (Wildman–Crippen MR) is 79.1 cm³/mol. The topological polar surface area (TPSA) is 84.2 Å². The van der Waals surface area contributed by atoms with Crippen molar-refractivity contribution in [2.75, 3.05) is 19.6 Å². The monoisotopic (exact) mass is 316 g/mol. The third-order valence-electron chi connectivity index (χ3n) is 4.15. The van der Waals surface area contributed by atoms with Gasteiger partial charge in [0.1, 0.15) is 24.4 Å². The second-order valence-electron chi connectivity index (χ2n) is 7.05. The fraction of sp³-hybridized carbons (Fsp3) is 1.00. The number of nitrogens with two attached hydrogens (primary N) is 1. The first kappa shape index (κ1) is 16.6. The van der Waals surface area contributed by atoms with Crippen molar-refractivity contribution in [3.05, 3.63) is 0 Å². The van der Waals surface area contributed by atoms with Gasteiger partial charge in [-0.2, -0.15) is 0 Å². The van der Waals surface area contributed by atoms with Crippen LogP contribution in [0.2, 0.25) is 0 Å². The minimum absolute atomic E-state index is 0.136. The lowest BCUT2D eigenvalue weighted by atomic mass is 9.99. The molecule has 3 rings (SSSR count). The molecular weight excluding hydrogens is 288 g/mol. The Bertz CT molecular complexity index is 403. The summed E-state index contributed by atoms with van der Waals surface area (Å²) in [6.07, 6.45) is -0.237. The van der Waals surface area contributed by atoms with Crippen molar-refractivity contribution in [1.29, 1.82) is 0 Å². The van der Waals surface area contributed by atoms with Gasteiger partial charge in [0.2, 0.25) is 0 Å². The molecule has 0 radical (unpaired) electrons. The van der Waals surface area contributed by atoms with Crippen LogP contribution in [-0.4, -0.2) is 61.9 Å². The summed E-state index contributed by atoms with van der Waals surface area (Å²) in [5, 5.41) is 3.36. The average Bonchev–Trinajstić information content (AvgIpc) is 2.89. The molecule has 0 saturated carbocycles. The molecule has 0 bridgehead atoms. The third kappa shape index (κ3) is 3.31. The molecule has 3 saturated heterocycles. The summed E-state index contributed by atoms with van der Waals surface area (Å²) in [6, 6.07) is 0. The molecule has 5 atom stereocenters. The summed E-state index contributed by atoms with van der Waals surface area (Å²) in [5.41, 5.74) is 5.52. The molecule has 0 aliphatic carbocycles. The zero-order valence-corrected chi connectivity index (χ0v) is 13.8. The normalized spacial score (nSPS) is 42.1. The predicted octanol–water partition coefficient (Wildman–Crippen LogP) is 0.321. The highest BCUT2D eigenvalue weighted by Crippen LogP contribution is 2.43. The lowest BCUT2D eigenvalue weighted by Gasteiger charge is -2.37. The van der Waals surface area contributed by atoms with Crippen molar-refractivity contribution >= 4 is 0 Å². The smallest absolute Gasteiger partial charge is 0.190 e. The molecule has 0 unspecified atom stereocenters. The van der Waals surface area contributed by atoms with Crippen LogP contribution >= 0.6 is 0 Å². The Hall–Kier alpha value is -0.280. The van der Waals surface area contributed by atoms with Crippen LogP contribution in [0.15, 0.2) is 0 Å². The van der Waals surface area contributed by atoms with Gasteiger partial charge < -0.3 is 34.7 Å². The van der Waals surface area contributed by atoms with Crippen LogP contribution in [0.25, 0.3) is 0 Å². The zero-order chi connectivity index (χ0) is 16.0. The SMILES string of the molecule is CC1(C)O[C@H]2[C@@H](O1)[C@@H](CNCCCN)O[C@@H]1OC(C)(C)O[C@@H]12. The van der Waals surface area contributed by atoms with Gasteiger partial charge in [-0.15, -0.1) is 0 Å². The summed E-state index contributed by atoms with van der Waals surface area (Å²) in [7, 11) is 0. The molecule has 22 heavy (non-hydrogen) atoms. The molecular formula is C15H28N2O5. The molecule has 3 N–H and O–H groups in total. The molecule has 3 heterocycles. The first-order valence-corrected chi connectivity index (χ1v) is 8.09. The van der Waals surface area contributed by atoms with Crippen molar-refractivity contribution in [2.45, 2.75) is 76.4 Å². The molecule has 7 heteroatoms. The van der Waals surface area contributed by atoms with Crippen LogP contribution < -0.4 is 11.1 Å². The van der Waals surface area contributed by atoms with Crippen molar-refractivity contribution in [2.24, 2.45) is 5.73 Å². The molecule has 0 aromatic rings. The van der Waals surface area contributed by atoms with Crippen LogP contribution in [0.3, 0.4) is 0 Å². The molecule has 128 valence electrons. The van der Waals surface area contributed by atoms with E-state index >= 15 is 0 Å².